The first-order valence-corrected chi connectivity index (χ1v) is 5.53. The Bertz CT molecular complexity index is 519. The lowest BCUT2D eigenvalue weighted by molar-refractivity contribution is -0.276. The quantitative estimate of drug-likeness (QED) is 0.603. The summed E-state index contributed by atoms with van der Waals surface area (Å²) in [5.74, 6) is -1.42. The third-order valence-corrected chi connectivity index (χ3v) is 2.38. The molecule has 1 heterocycles. The van der Waals surface area contributed by atoms with Crippen molar-refractivity contribution < 1.29 is 31.1 Å². The summed E-state index contributed by atoms with van der Waals surface area (Å²) >= 11 is 2.77. The van der Waals surface area contributed by atoms with Crippen molar-refractivity contribution in [1.29, 1.82) is 5.26 Å². The molecule has 1 rings (SSSR count). The summed E-state index contributed by atoms with van der Waals surface area (Å²) in [6, 6.07) is 1.50. The highest BCUT2D eigenvalue weighted by molar-refractivity contribution is 9.08. The van der Waals surface area contributed by atoms with Crippen LogP contribution in [0.5, 0.6) is 5.88 Å². The molecule has 0 spiro atoms. The molecule has 0 aliphatic rings. The molecular weight excluding hydrogens is 346 g/mol. The molecule has 0 N–H and O–H groups in total. The number of nitrogens with zero attached hydrogens (tertiary/aromatic N) is 2. The van der Waals surface area contributed by atoms with Gasteiger partial charge in [-0.15, -0.1) is 13.2 Å². The fourth-order valence-electron chi connectivity index (χ4n) is 1.16. The molecule has 0 aliphatic heterocycles. The smallest absolute Gasteiger partial charge is 0.386 e. The fourth-order valence-corrected chi connectivity index (χ4v) is 1.44. The van der Waals surface area contributed by atoms with Crippen molar-refractivity contribution in [2.45, 2.75) is 17.9 Å². The Morgan fingerprint density at radius 3 is 2.21 bits per heavy atom. The van der Waals surface area contributed by atoms with Gasteiger partial charge >= 0.3 is 12.5 Å². The maximum Gasteiger partial charge on any atom is 0.574 e. The van der Waals surface area contributed by atoms with Crippen molar-refractivity contribution >= 4 is 15.9 Å². The van der Waals surface area contributed by atoms with Gasteiger partial charge in [0.25, 0.3) is 0 Å². The summed E-state index contributed by atoms with van der Waals surface area (Å²) in [6.45, 7) is 0. The molecule has 19 heavy (non-hydrogen) atoms. The standard InChI is InChI=1S/C9H3BrF6N2O/c10-2-4-1-6(8(11,12)13)5(3-17)7(18-4)19-9(14,15)16/h1H,2H2. The Labute approximate surface area is 110 Å². The van der Waals surface area contributed by atoms with E-state index in [9.17, 15) is 26.3 Å². The first-order chi connectivity index (χ1) is 8.58. The van der Waals surface area contributed by atoms with E-state index in [1.165, 1.54) is 0 Å². The average molecular weight is 349 g/mol. The van der Waals surface area contributed by atoms with E-state index in [2.05, 4.69) is 25.7 Å². The van der Waals surface area contributed by atoms with Crippen molar-refractivity contribution in [2.75, 3.05) is 0 Å². The van der Waals surface area contributed by atoms with Crippen LogP contribution < -0.4 is 4.74 Å². The number of alkyl halides is 7. The van der Waals surface area contributed by atoms with Crippen LogP contribution in [-0.4, -0.2) is 11.3 Å². The second-order valence-electron chi connectivity index (χ2n) is 3.13. The van der Waals surface area contributed by atoms with Crippen LogP contribution in [-0.2, 0) is 11.5 Å². The van der Waals surface area contributed by atoms with Crippen molar-refractivity contribution in [3.8, 4) is 11.9 Å². The van der Waals surface area contributed by atoms with Gasteiger partial charge in [-0.2, -0.15) is 18.4 Å². The molecule has 0 amide bonds. The zero-order valence-corrected chi connectivity index (χ0v) is 10.3. The molecule has 1 aromatic heterocycles. The van der Waals surface area contributed by atoms with Crippen LogP contribution in [0.3, 0.4) is 0 Å². The Kier molecular flexibility index (Phi) is 4.29. The lowest BCUT2D eigenvalue weighted by Crippen LogP contribution is -2.21. The number of hydrogen-bond acceptors (Lipinski definition) is 3. The van der Waals surface area contributed by atoms with Crippen molar-refractivity contribution in [1.82, 2.24) is 4.98 Å². The van der Waals surface area contributed by atoms with Gasteiger partial charge in [0, 0.05) is 5.33 Å². The molecule has 0 bridgehead atoms. The number of pyridine rings is 1. The van der Waals surface area contributed by atoms with Crippen LogP contribution in [0.1, 0.15) is 16.8 Å². The summed E-state index contributed by atoms with van der Waals surface area (Å²) in [7, 11) is 0. The molecule has 0 fully saturated rings. The number of nitriles is 1. The van der Waals surface area contributed by atoms with E-state index < -0.39 is 29.5 Å². The van der Waals surface area contributed by atoms with Gasteiger partial charge in [0.1, 0.15) is 11.6 Å². The van der Waals surface area contributed by atoms with Crippen molar-refractivity contribution in [2.24, 2.45) is 0 Å². The molecule has 104 valence electrons. The van der Waals surface area contributed by atoms with E-state index in [0.717, 1.165) is 6.07 Å². The zero-order valence-electron chi connectivity index (χ0n) is 8.73. The Balaban J connectivity index is 3.50. The molecule has 0 aliphatic carbocycles. The molecule has 3 nitrogen and oxygen atoms in total. The van der Waals surface area contributed by atoms with E-state index in [-0.39, 0.29) is 11.0 Å². The van der Waals surface area contributed by atoms with Crippen LogP contribution in [0.25, 0.3) is 0 Å². The summed E-state index contributed by atoms with van der Waals surface area (Å²) in [5.41, 5.74) is -3.18. The molecule has 1 aromatic rings. The second kappa shape index (κ2) is 5.24. The van der Waals surface area contributed by atoms with Crippen LogP contribution >= 0.6 is 15.9 Å². The van der Waals surface area contributed by atoms with Gasteiger partial charge in [-0.1, -0.05) is 15.9 Å². The average Bonchev–Trinajstić information content (AvgIpc) is 2.24. The normalized spacial score (nSPS) is 12.1. The molecule has 0 aromatic carbocycles. The number of rotatable bonds is 2. The Hall–Kier alpha value is -1.50. The maximum atomic E-state index is 12.6. The number of halogens is 7. The highest BCUT2D eigenvalue weighted by Gasteiger charge is 2.39. The van der Waals surface area contributed by atoms with E-state index in [1.54, 1.807) is 0 Å². The van der Waals surface area contributed by atoms with E-state index in [4.69, 9.17) is 5.26 Å². The van der Waals surface area contributed by atoms with Crippen molar-refractivity contribution in [3.05, 3.63) is 22.9 Å². The lowest BCUT2D eigenvalue weighted by atomic mass is 10.1. The number of aromatic nitrogens is 1. The van der Waals surface area contributed by atoms with Gasteiger partial charge in [0.15, 0.2) is 0 Å². The third kappa shape index (κ3) is 3.99. The van der Waals surface area contributed by atoms with Gasteiger partial charge in [-0.05, 0) is 6.07 Å². The summed E-state index contributed by atoms with van der Waals surface area (Å²) in [6.07, 6.45) is -10.2. The van der Waals surface area contributed by atoms with Crippen LogP contribution in [0.4, 0.5) is 26.3 Å². The van der Waals surface area contributed by atoms with Crippen LogP contribution in [0, 0.1) is 11.3 Å². The SMILES string of the molecule is N#Cc1c(C(F)(F)F)cc(CBr)nc1OC(F)(F)F. The summed E-state index contributed by atoms with van der Waals surface area (Å²) < 4.78 is 77.4. The van der Waals surface area contributed by atoms with E-state index in [1.807, 2.05) is 0 Å². The Morgan fingerprint density at radius 2 is 1.84 bits per heavy atom. The largest absolute Gasteiger partial charge is 0.574 e. The Morgan fingerprint density at radius 1 is 1.26 bits per heavy atom. The third-order valence-electron chi connectivity index (χ3n) is 1.81. The minimum Gasteiger partial charge on any atom is -0.386 e. The minimum absolute atomic E-state index is 0.226. The van der Waals surface area contributed by atoms with Gasteiger partial charge < -0.3 is 4.74 Å². The zero-order chi connectivity index (χ0) is 14.8. The number of hydrogen-bond donors (Lipinski definition) is 0. The highest BCUT2D eigenvalue weighted by Crippen LogP contribution is 2.37. The fraction of sp³-hybridized carbons (Fsp3) is 0.333. The summed E-state index contributed by atoms with van der Waals surface area (Å²) in [5, 5.41) is 8.35. The van der Waals surface area contributed by atoms with E-state index in [0.29, 0.717) is 6.07 Å². The molecule has 10 heteroatoms. The second-order valence-corrected chi connectivity index (χ2v) is 3.69. The maximum absolute atomic E-state index is 12.6. The molecule has 0 atom stereocenters. The lowest BCUT2D eigenvalue weighted by Gasteiger charge is -2.14. The minimum atomic E-state index is -5.24. The summed E-state index contributed by atoms with van der Waals surface area (Å²) in [4.78, 5) is 3.21. The first-order valence-electron chi connectivity index (χ1n) is 4.41. The highest BCUT2D eigenvalue weighted by atomic mass is 79.9. The van der Waals surface area contributed by atoms with Gasteiger partial charge in [-0.25, -0.2) is 4.98 Å². The predicted molar refractivity (Wildman–Crippen MR) is 53.3 cm³/mol. The predicted octanol–water partition coefficient (Wildman–Crippen LogP) is 3.77. The molecule has 0 radical (unpaired) electrons. The van der Waals surface area contributed by atoms with Crippen LogP contribution in [0.15, 0.2) is 6.07 Å². The van der Waals surface area contributed by atoms with Gasteiger partial charge in [0.2, 0.25) is 5.88 Å². The molecule has 0 saturated heterocycles. The molecule has 0 saturated carbocycles. The molecule has 0 unspecified atom stereocenters. The van der Waals surface area contributed by atoms with Crippen molar-refractivity contribution in [3.63, 3.8) is 0 Å². The first kappa shape index (κ1) is 15.6. The number of ether oxygens (including phenoxy) is 1. The molecular formula is C9H3BrF6N2O. The van der Waals surface area contributed by atoms with Gasteiger partial charge in [0.05, 0.1) is 11.3 Å². The topological polar surface area (TPSA) is 45.9 Å². The van der Waals surface area contributed by atoms with Gasteiger partial charge in [-0.3, -0.25) is 0 Å². The van der Waals surface area contributed by atoms with Crippen LogP contribution in [0.2, 0.25) is 0 Å². The van der Waals surface area contributed by atoms with E-state index >= 15 is 0 Å². The monoisotopic (exact) mass is 348 g/mol.